The number of ketones is 1. The standard InChI is InChI=1S/C14H20NO2/c1-9(2)15(10(3)4)14(17)13-8-6-7-12(13)11(5)16/h6-10H,1-5H3. The smallest absolute Gasteiger partial charge is 0.231 e. The fourth-order valence-electron chi connectivity index (χ4n) is 2.12. The number of hydrogen-bond donors (Lipinski definition) is 0. The maximum absolute atomic E-state index is 12.4. The normalized spacial score (nSPS) is 18.1. The van der Waals surface area contributed by atoms with E-state index in [-0.39, 0.29) is 23.8 Å². The molecule has 1 saturated carbocycles. The predicted molar refractivity (Wildman–Crippen MR) is 67.2 cm³/mol. The zero-order valence-electron chi connectivity index (χ0n) is 11.2. The Balaban J connectivity index is 2.83. The minimum Gasteiger partial charge on any atom is -0.337 e. The Bertz CT molecular complexity index is 289. The summed E-state index contributed by atoms with van der Waals surface area (Å²) in [7, 11) is 0. The molecule has 0 aliphatic heterocycles. The molecule has 1 fully saturated rings. The molecule has 0 aromatic rings. The van der Waals surface area contributed by atoms with E-state index >= 15 is 0 Å². The van der Waals surface area contributed by atoms with Crippen molar-refractivity contribution in [1.29, 1.82) is 0 Å². The van der Waals surface area contributed by atoms with Gasteiger partial charge in [-0.1, -0.05) is 0 Å². The van der Waals surface area contributed by atoms with Crippen LogP contribution in [0.1, 0.15) is 34.6 Å². The fourth-order valence-corrected chi connectivity index (χ4v) is 2.12. The van der Waals surface area contributed by atoms with Crippen molar-refractivity contribution >= 4 is 11.7 Å². The molecule has 0 aromatic carbocycles. The van der Waals surface area contributed by atoms with E-state index in [9.17, 15) is 9.59 Å². The molecule has 3 heteroatoms. The molecule has 3 nitrogen and oxygen atoms in total. The molecule has 1 aliphatic carbocycles. The third-order valence-corrected chi connectivity index (χ3v) is 2.77. The summed E-state index contributed by atoms with van der Waals surface area (Å²) in [5, 5.41) is 0. The number of Topliss-reactive ketones (excluding diaryl/α,β-unsaturated/α-hetero) is 1. The number of carbonyl (C=O) groups is 2. The lowest BCUT2D eigenvalue weighted by atomic mass is 9.90. The van der Waals surface area contributed by atoms with Gasteiger partial charge in [0.1, 0.15) is 5.78 Å². The van der Waals surface area contributed by atoms with E-state index in [1.165, 1.54) is 6.92 Å². The molecule has 0 unspecified atom stereocenters. The second-order valence-corrected chi connectivity index (χ2v) is 4.81. The molecule has 93 valence electrons. The predicted octanol–water partition coefficient (Wildman–Crippen LogP) is 2.00. The van der Waals surface area contributed by atoms with Crippen LogP contribution in [-0.2, 0) is 9.59 Å². The highest BCUT2D eigenvalue weighted by Crippen LogP contribution is 2.35. The first-order valence-electron chi connectivity index (χ1n) is 5.95. The Morgan fingerprint density at radius 2 is 1.47 bits per heavy atom. The van der Waals surface area contributed by atoms with Crippen LogP contribution in [-0.4, -0.2) is 28.7 Å². The van der Waals surface area contributed by atoms with E-state index in [1.807, 2.05) is 27.7 Å². The third-order valence-electron chi connectivity index (χ3n) is 2.77. The molecule has 0 aromatic heterocycles. The van der Waals surface area contributed by atoms with Gasteiger partial charge < -0.3 is 4.90 Å². The Morgan fingerprint density at radius 1 is 1.00 bits per heavy atom. The van der Waals surface area contributed by atoms with Gasteiger partial charge in [0.2, 0.25) is 5.91 Å². The number of carbonyl (C=O) groups excluding carboxylic acids is 2. The van der Waals surface area contributed by atoms with Crippen molar-refractivity contribution in [3.8, 4) is 0 Å². The Morgan fingerprint density at radius 3 is 1.88 bits per heavy atom. The van der Waals surface area contributed by atoms with Gasteiger partial charge in [-0.3, -0.25) is 9.59 Å². The van der Waals surface area contributed by atoms with Gasteiger partial charge in [0, 0.05) is 12.1 Å². The maximum Gasteiger partial charge on any atom is 0.231 e. The highest BCUT2D eigenvalue weighted by molar-refractivity contribution is 6.10. The minimum absolute atomic E-state index is 0.0641. The van der Waals surface area contributed by atoms with Crippen molar-refractivity contribution in [3.63, 3.8) is 0 Å². The van der Waals surface area contributed by atoms with Crippen LogP contribution < -0.4 is 0 Å². The van der Waals surface area contributed by atoms with E-state index in [2.05, 4.69) is 0 Å². The second-order valence-electron chi connectivity index (χ2n) is 4.81. The lowest BCUT2D eigenvalue weighted by Crippen LogP contribution is -2.45. The molecule has 1 amide bonds. The number of hydrogen-bond acceptors (Lipinski definition) is 2. The van der Waals surface area contributed by atoms with Crippen molar-refractivity contribution < 1.29 is 9.59 Å². The maximum atomic E-state index is 12.4. The first kappa shape index (κ1) is 14.2. The molecule has 0 bridgehead atoms. The highest BCUT2D eigenvalue weighted by atomic mass is 16.2. The van der Waals surface area contributed by atoms with Crippen molar-refractivity contribution in [3.05, 3.63) is 31.1 Å². The van der Waals surface area contributed by atoms with Gasteiger partial charge in [-0.15, -0.1) is 0 Å². The first-order chi connectivity index (χ1) is 7.86. The molecule has 5 radical (unpaired) electrons. The Kier molecular flexibility index (Phi) is 4.72. The van der Waals surface area contributed by atoms with Crippen molar-refractivity contribution in [2.45, 2.75) is 46.7 Å². The van der Waals surface area contributed by atoms with Crippen LogP contribution in [0.4, 0.5) is 0 Å². The van der Waals surface area contributed by atoms with Crippen LogP contribution in [0.15, 0.2) is 0 Å². The third kappa shape index (κ3) is 3.08. The van der Waals surface area contributed by atoms with Gasteiger partial charge in [-0.25, -0.2) is 0 Å². The number of nitrogens with zero attached hydrogens (tertiary/aromatic N) is 1. The average molecular weight is 234 g/mol. The lowest BCUT2D eigenvalue weighted by Gasteiger charge is -2.33. The molecule has 17 heavy (non-hydrogen) atoms. The zero-order valence-corrected chi connectivity index (χ0v) is 11.2. The Labute approximate surface area is 105 Å². The molecular weight excluding hydrogens is 214 g/mol. The van der Waals surface area contributed by atoms with E-state index < -0.39 is 0 Å². The zero-order chi connectivity index (χ0) is 13.2. The van der Waals surface area contributed by atoms with Crippen LogP contribution in [0.25, 0.3) is 0 Å². The topological polar surface area (TPSA) is 37.4 Å². The average Bonchev–Trinajstić information content (AvgIpc) is 2.63. The van der Waals surface area contributed by atoms with Crippen molar-refractivity contribution in [2.75, 3.05) is 0 Å². The summed E-state index contributed by atoms with van der Waals surface area (Å²) in [4.78, 5) is 25.6. The first-order valence-corrected chi connectivity index (χ1v) is 5.95. The lowest BCUT2D eigenvalue weighted by molar-refractivity contribution is -0.132. The van der Waals surface area contributed by atoms with Crippen LogP contribution >= 0.6 is 0 Å². The summed E-state index contributed by atoms with van der Waals surface area (Å²) < 4.78 is 0. The molecule has 0 heterocycles. The molecule has 0 atom stereocenters. The van der Waals surface area contributed by atoms with Crippen LogP contribution in [0, 0.1) is 31.1 Å². The highest BCUT2D eigenvalue weighted by Gasteiger charge is 2.40. The summed E-state index contributed by atoms with van der Waals surface area (Å²) in [5.74, 6) is 0.900. The number of rotatable bonds is 4. The monoisotopic (exact) mass is 234 g/mol. The minimum atomic E-state index is -0.0646. The summed E-state index contributed by atoms with van der Waals surface area (Å²) in [5.41, 5.74) is 0. The Hall–Kier alpha value is -0.860. The van der Waals surface area contributed by atoms with Crippen LogP contribution in [0.3, 0.4) is 0 Å². The molecule has 1 rings (SSSR count). The molecule has 1 aliphatic rings. The second kappa shape index (κ2) is 5.65. The van der Waals surface area contributed by atoms with Crippen LogP contribution in [0.2, 0.25) is 0 Å². The van der Waals surface area contributed by atoms with Crippen LogP contribution in [0.5, 0.6) is 0 Å². The summed E-state index contributed by atoms with van der Waals surface area (Å²) in [6.07, 6.45) is 5.17. The molecule has 0 saturated heterocycles. The van der Waals surface area contributed by atoms with E-state index in [0.29, 0.717) is 11.8 Å². The van der Waals surface area contributed by atoms with Gasteiger partial charge in [0.15, 0.2) is 0 Å². The van der Waals surface area contributed by atoms with E-state index in [4.69, 9.17) is 0 Å². The van der Waals surface area contributed by atoms with Gasteiger partial charge in [-0.2, -0.15) is 0 Å². The fraction of sp³-hybridized carbons (Fsp3) is 0.500. The summed E-state index contributed by atoms with van der Waals surface area (Å²) in [6.45, 7) is 9.41. The largest absolute Gasteiger partial charge is 0.337 e. The van der Waals surface area contributed by atoms with Gasteiger partial charge in [0.25, 0.3) is 0 Å². The molecule has 0 spiro atoms. The van der Waals surface area contributed by atoms with Gasteiger partial charge in [0.05, 0.1) is 11.8 Å². The quantitative estimate of drug-likeness (QED) is 0.746. The van der Waals surface area contributed by atoms with Gasteiger partial charge >= 0.3 is 0 Å². The van der Waals surface area contributed by atoms with Crippen molar-refractivity contribution in [1.82, 2.24) is 4.90 Å². The number of amides is 1. The summed E-state index contributed by atoms with van der Waals surface area (Å²) in [6, 6.07) is 0.245. The van der Waals surface area contributed by atoms with Gasteiger partial charge in [-0.05, 0) is 53.9 Å². The molecule has 0 N–H and O–H groups in total. The van der Waals surface area contributed by atoms with Crippen molar-refractivity contribution in [2.24, 2.45) is 0 Å². The molecular formula is C14H20NO2. The van der Waals surface area contributed by atoms with E-state index in [0.717, 1.165) is 0 Å². The summed E-state index contributed by atoms with van der Waals surface area (Å²) >= 11 is 0. The SMILES string of the molecule is CC(=O)[C]1[CH][CH][CH][C]1C(=O)N(C(C)C)C(C)C. The van der Waals surface area contributed by atoms with E-state index in [1.54, 1.807) is 24.2 Å².